The molecule has 0 saturated heterocycles. The van der Waals surface area contributed by atoms with E-state index in [4.69, 9.17) is 5.11 Å². The molecule has 0 bridgehead atoms. The Morgan fingerprint density at radius 2 is 2.29 bits per heavy atom. The molecule has 1 aromatic heterocycles. The zero-order valence-electron chi connectivity index (χ0n) is 8.32. The second kappa shape index (κ2) is 4.09. The van der Waals surface area contributed by atoms with Crippen molar-refractivity contribution < 1.29 is 9.90 Å². The van der Waals surface area contributed by atoms with Crippen molar-refractivity contribution in [3.63, 3.8) is 0 Å². The first kappa shape index (κ1) is 10.5. The van der Waals surface area contributed by atoms with Gasteiger partial charge in [-0.05, 0) is 12.1 Å². The Hall–Kier alpha value is -1.58. The highest BCUT2D eigenvalue weighted by Gasteiger charge is 2.22. The van der Waals surface area contributed by atoms with Crippen LogP contribution in [0.4, 0.5) is 4.79 Å². The Labute approximate surface area is 83.0 Å². The van der Waals surface area contributed by atoms with Crippen molar-refractivity contribution in [2.45, 2.75) is 19.3 Å². The molecule has 1 heterocycles. The van der Waals surface area contributed by atoms with Gasteiger partial charge in [0.15, 0.2) is 0 Å². The first-order valence-corrected chi connectivity index (χ1v) is 4.41. The van der Waals surface area contributed by atoms with Crippen molar-refractivity contribution in [1.29, 1.82) is 0 Å². The lowest BCUT2D eigenvalue weighted by atomic mass is 9.89. The van der Waals surface area contributed by atoms with E-state index < -0.39 is 6.09 Å². The second-order valence-electron chi connectivity index (χ2n) is 3.76. The van der Waals surface area contributed by atoms with Gasteiger partial charge in [0.2, 0.25) is 0 Å². The van der Waals surface area contributed by atoms with Gasteiger partial charge in [-0.3, -0.25) is 4.98 Å². The number of nitrogens with zero attached hydrogens (tertiary/aromatic N) is 1. The van der Waals surface area contributed by atoms with E-state index in [1.54, 1.807) is 6.20 Å². The summed E-state index contributed by atoms with van der Waals surface area (Å²) in [6.07, 6.45) is 0.701. The van der Waals surface area contributed by atoms with Crippen LogP contribution in [0, 0.1) is 0 Å². The quantitative estimate of drug-likeness (QED) is 0.768. The van der Waals surface area contributed by atoms with Crippen LogP contribution < -0.4 is 5.32 Å². The SMILES string of the molecule is CC(C)(CNC(=O)O)c1ccccn1. The predicted molar refractivity (Wildman–Crippen MR) is 53.3 cm³/mol. The molecule has 14 heavy (non-hydrogen) atoms. The minimum absolute atomic E-state index is 0.278. The van der Waals surface area contributed by atoms with Crippen molar-refractivity contribution in [3.8, 4) is 0 Å². The van der Waals surface area contributed by atoms with Gasteiger partial charge in [0.25, 0.3) is 0 Å². The fourth-order valence-corrected chi connectivity index (χ4v) is 1.15. The summed E-state index contributed by atoms with van der Waals surface area (Å²) in [6.45, 7) is 4.26. The lowest BCUT2D eigenvalue weighted by molar-refractivity contribution is 0.191. The first-order chi connectivity index (χ1) is 6.52. The summed E-state index contributed by atoms with van der Waals surface area (Å²) in [7, 11) is 0. The van der Waals surface area contributed by atoms with Crippen LogP contribution in [0.5, 0.6) is 0 Å². The average molecular weight is 194 g/mol. The van der Waals surface area contributed by atoms with Crippen LogP contribution in [0.25, 0.3) is 0 Å². The molecule has 0 unspecified atom stereocenters. The molecular formula is C10H14N2O2. The van der Waals surface area contributed by atoms with Crippen molar-refractivity contribution >= 4 is 6.09 Å². The first-order valence-electron chi connectivity index (χ1n) is 4.41. The molecule has 0 saturated carbocycles. The van der Waals surface area contributed by atoms with Gasteiger partial charge in [-0.15, -0.1) is 0 Å². The Kier molecular flexibility index (Phi) is 3.06. The minimum Gasteiger partial charge on any atom is -0.465 e. The van der Waals surface area contributed by atoms with Crippen LogP contribution in [-0.4, -0.2) is 22.7 Å². The van der Waals surface area contributed by atoms with Crippen LogP contribution in [0.3, 0.4) is 0 Å². The molecule has 2 N–H and O–H groups in total. The molecule has 4 heteroatoms. The van der Waals surface area contributed by atoms with Crippen LogP contribution in [0.15, 0.2) is 24.4 Å². The Balaban J connectivity index is 2.70. The van der Waals surface area contributed by atoms with Crippen molar-refractivity contribution in [3.05, 3.63) is 30.1 Å². The van der Waals surface area contributed by atoms with E-state index in [2.05, 4.69) is 10.3 Å². The van der Waals surface area contributed by atoms with Gasteiger partial charge in [-0.2, -0.15) is 0 Å². The highest BCUT2D eigenvalue weighted by Crippen LogP contribution is 2.19. The topological polar surface area (TPSA) is 62.2 Å². The van der Waals surface area contributed by atoms with Crippen LogP contribution in [-0.2, 0) is 5.41 Å². The van der Waals surface area contributed by atoms with E-state index in [1.165, 1.54) is 0 Å². The highest BCUT2D eigenvalue weighted by molar-refractivity contribution is 5.64. The number of amides is 1. The average Bonchev–Trinajstić information content (AvgIpc) is 2.16. The summed E-state index contributed by atoms with van der Waals surface area (Å²) in [5.74, 6) is 0. The summed E-state index contributed by atoms with van der Waals surface area (Å²) >= 11 is 0. The van der Waals surface area contributed by atoms with Gasteiger partial charge in [-0.1, -0.05) is 19.9 Å². The van der Waals surface area contributed by atoms with E-state index >= 15 is 0 Å². The molecule has 1 amide bonds. The third-order valence-corrected chi connectivity index (χ3v) is 2.04. The molecule has 0 fully saturated rings. The van der Waals surface area contributed by atoms with Crippen LogP contribution >= 0.6 is 0 Å². The summed E-state index contributed by atoms with van der Waals surface area (Å²) in [5.41, 5.74) is 0.605. The van der Waals surface area contributed by atoms with Gasteiger partial charge in [0.05, 0.1) is 0 Å². The number of rotatable bonds is 3. The van der Waals surface area contributed by atoms with Crippen molar-refractivity contribution in [2.75, 3.05) is 6.54 Å². The molecule has 0 spiro atoms. The summed E-state index contributed by atoms with van der Waals surface area (Å²) in [6, 6.07) is 5.62. The molecule has 1 aromatic rings. The fourth-order valence-electron chi connectivity index (χ4n) is 1.15. The number of hydrogen-bond donors (Lipinski definition) is 2. The van der Waals surface area contributed by atoms with E-state index in [-0.39, 0.29) is 5.41 Å². The summed E-state index contributed by atoms with van der Waals surface area (Å²) in [5, 5.41) is 10.9. The molecular weight excluding hydrogens is 180 g/mol. The Bertz CT molecular complexity index is 309. The largest absolute Gasteiger partial charge is 0.465 e. The summed E-state index contributed by atoms with van der Waals surface area (Å²) < 4.78 is 0. The number of nitrogens with one attached hydrogen (secondary N) is 1. The lowest BCUT2D eigenvalue weighted by Crippen LogP contribution is -2.36. The lowest BCUT2D eigenvalue weighted by Gasteiger charge is -2.23. The number of hydrogen-bond acceptors (Lipinski definition) is 2. The molecule has 0 aromatic carbocycles. The Morgan fingerprint density at radius 3 is 2.79 bits per heavy atom. The number of carboxylic acid groups (broad SMARTS) is 1. The fraction of sp³-hybridized carbons (Fsp3) is 0.400. The van der Waals surface area contributed by atoms with E-state index in [9.17, 15) is 4.79 Å². The zero-order valence-corrected chi connectivity index (χ0v) is 8.32. The maximum Gasteiger partial charge on any atom is 0.404 e. The van der Waals surface area contributed by atoms with Gasteiger partial charge in [0.1, 0.15) is 0 Å². The second-order valence-corrected chi connectivity index (χ2v) is 3.76. The van der Waals surface area contributed by atoms with Gasteiger partial charge in [0, 0.05) is 23.9 Å². The molecule has 0 atom stereocenters. The zero-order chi connectivity index (χ0) is 10.6. The van der Waals surface area contributed by atoms with E-state index in [0.29, 0.717) is 6.54 Å². The van der Waals surface area contributed by atoms with Crippen molar-refractivity contribution in [1.82, 2.24) is 10.3 Å². The van der Waals surface area contributed by atoms with E-state index in [0.717, 1.165) is 5.69 Å². The van der Waals surface area contributed by atoms with Crippen molar-refractivity contribution in [2.24, 2.45) is 0 Å². The van der Waals surface area contributed by atoms with Crippen LogP contribution in [0.2, 0.25) is 0 Å². The molecule has 0 aliphatic rings. The maximum absolute atomic E-state index is 10.3. The molecule has 4 nitrogen and oxygen atoms in total. The van der Waals surface area contributed by atoms with Gasteiger partial charge < -0.3 is 10.4 Å². The molecule has 0 radical (unpaired) electrons. The molecule has 0 aliphatic carbocycles. The number of pyridine rings is 1. The summed E-state index contributed by atoms with van der Waals surface area (Å²) in [4.78, 5) is 14.5. The maximum atomic E-state index is 10.3. The number of aromatic nitrogens is 1. The smallest absolute Gasteiger partial charge is 0.404 e. The highest BCUT2D eigenvalue weighted by atomic mass is 16.4. The normalized spacial score (nSPS) is 11.0. The predicted octanol–water partition coefficient (Wildman–Crippen LogP) is 1.63. The monoisotopic (exact) mass is 194 g/mol. The molecule has 0 aliphatic heterocycles. The third-order valence-electron chi connectivity index (χ3n) is 2.04. The minimum atomic E-state index is -1.01. The standard InChI is InChI=1S/C10H14N2O2/c1-10(2,7-12-9(13)14)8-5-3-4-6-11-8/h3-6,12H,7H2,1-2H3,(H,13,14). The van der Waals surface area contributed by atoms with Crippen LogP contribution in [0.1, 0.15) is 19.5 Å². The van der Waals surface area contributed by atoms with Gasteiger partial charge >= 0.3 is 6.09 Å². The number of carbonyl (C=O) groups is 1. The molecule has 76 valence electrons. The molecule has 1 rings (SSSR count). The Morgan fingerprint density at radius 1 is 1.57 bits per heavy atom. The van der Waals surface area contributed by atoms with Gasteiger partial charge in [-0.25, -0.2) is 4.79 Å². The third kappa shape index (κ3) is 2.73. The van der Waals surface area contributed by atoms with E-state index in [1.807, 2.05) is 32.0 Å².